The second-order valence-electron chi connectivity index (χ2n) is 9.10. The summed E-state index contributed by atoms with van der Waals surface area (Å²) >= 11 is 0. The van der Waals surface area contributed by atoms with Gasteiger partial charge in [0.2, 0.25) is 0 Å². The number of aromatic nitrogens is 2. The summed E-state index contributed by atoms with van der Waals surface area (Å²) in [5, 5.41) is 36.6. The van der Waals surface area contributed by atoms with Gasteiger partial charge in [-0.1, -0.05) is 44.2 Å². The Morgan fingerprint density at radius 1 is 1.03 bits per heavy atom. The molecule has 0 bridgehead atoms. The molecule has 36 heavy (non-hydrogen) atoms. The molecule has 0 fully saturated rings. The second kappa shape index (κ2) is 12.4. The highest BCUT2D eigenvalue weighted by Gasteiger charge is 2.27. The standard InChI is InChI=1S/C27H32FN3O5/c1-17(2)25-23(13-12-21(32)14-22(33)15-24(34)35)30-31(20-10-8-19(28)9-11-20)26(25)27(36)29-16-18-6-4-3-5-7-18/h3-11,17,21-22,32-33H,12-16H2,1-2H3,(H,29,36)(H,34,35)/t21-,22-/m1/s1. The quantitative estimate of drug-likeness (QED) is 0.303. The first kappa shape index (κ1) is 27.0. The number of aliphatic carboxylic acids is 1. The summed E-state index contributed by atoms with van der Waals surface area (Å²) in [7, 11) is 0. The van der Waals surface area contributed by atoms with E-state index in [9.17, 15) is 24.2 Å². The van der Waals surface area contributed by atoms with Crippen molar-refractivity contribution in [3.8, 4) is 5.69 Å². The van der Waals surface area contributed by atoms with E-state index in [2.05, 4.69) is 10.4 Å². The van der Waals surface area contributed by atoms with Crippen molar-refractivity contribution in [2.75, 3.05) is 0 Å². The molecule has 0 saturated carbocycles. The number of benzene rings is 2. The van der Waals surface area contributed by atoms with Crippen LogP contribution in [0.25, 0.3) is 5.69 Å². The molecule has 0 aliphatic carbocycles. The Kier molecular flexibility index (Phi) is 9.32. The fraction of sp³-hybridized carbons (Fsp3) is 0.370. The van der Waals surface area contributed by atoms with Gasteiger partial charge in [-0.3, -0.25) is 9.59 Å². The topological polar surface area (TPSA) is 125 Å². The van der Waals surface area contributed by atoms with Crippen LogP contribution in [-0.4, -0.2) is 49.2 Å². The van der Waals surface area contributed by atoms with Crippen molar-refractivity contribution in [3.63, 3.8) is 0 Å². The van der Waals surface area contributed by atoms with E-state index in [-0.39, 0.29) is 24.7 Å². The SMILES string of the molecule is CC(C)c1c(CC[C@@H](O)C[C@@H](O)CC(=O)O)nn(-c2ccc(F)cc2)c1C(=O)NCc1ccccc1. The van der Waals surface area contributed by atoms with Gasteiger partial charge >= 0.3 is 5.97 Å². The van der Waals surface area contributed by atoms with E-state index in [1.165, 1.54) is 16.8 Å². The summed E-state index contributed by atoms with van der Waals surface area (Å²) in [6.07, 6.45) is -2.08. The highest BCUT2D eigenvalue weighted by molar-refractivity contribution is 5.95. The zero-order chi connectivity index (χ0) is 26.2. The van der Waals surface area contributed by atoms with Gasteiger partial charge in [-0.25, -0.2) is 9.07 Å². The third-order valence-corrected chi connectivity index (χ3v) is 5.83. The summed E-state index contributed by atoms with van der Waals surface area (Å²) in [6.45, 7) is 4.20. The largest absolute Gasteiger partial charge is 0.481 e. The van der Waals surface area contributed by atoms with E-state index in [0.29, 0.717) is 35.6 Å². The van der Waals surface area contributed by atoms with Gasteiger partial charge in [0.05, 0.1) is 30.0 Å². The van der Waals surface area contributed by atoms with Crippen molar-refractivity contribution in [1.82, 2.24) is 15.1 Å². The Hall–Kier alpha value is -3.56. The van der Waals surface area contributed by atoms with Gasteiger partial charge in [-0.15, -0.1) is 0 Å². The minimum absolute atomic E-state index is 0.0770. The van der Waals surface area contributed by atoms with Gasteiger partial charge in [0, 0.05) is 12.1 Å². The molecule has 0 radical (unpaired) electrons. The number of halogens is 1. The summed E-state index contributed by atoms with van der Waals surface area (Å²) in [4.78, 5) is 24.2. The minimum Gasteiger partial charge on any atom is -0.481 e. The molecule has 1 aromatic heterocycles. The third-order valence-electron chi connectivity index (χ3n) is 5.83. The summed E-state index contributed by atoms with van der Waals surface area (Å²) < 4.78 is 15.1. The summed E-state index contributed by atoms with van der Waals surface area (Å²) in [5.74, 6) is -1.96. The van der Waals surface area contributed by atoms with Crippen LogP contribution in [0.3, 0.4) is 0 Å². The number of carboxylic acid groups (broad SMARTS) is 1. The molecule has 192 valence electrons. The van der Waals surface area contributed by atoms with E-state index in [4.69, 9.17) is 5.11 Å². The number of carbonyl (C=O) groups excluding carboxylic acids is 1. The fourth-order valence-corrected chi connectivity index (χ4v) is 4.14. The molecule has 0 aliphatic heterocycles. The lowest BCUT2D eigenvalue weighted by atomic mass is 9.95. The first-order valence-electron chi connectivity index (χ1n) is 11.9. The van der Waals surface area contributed by atoms with E-state index in [1.807, 2.05) is 44.2 Å². The van der Waals surface area contributed by atoms with Crippen molar-refractivity contribution in [1.29, 1.82) is 0 Å². The Balaban J connectivity index is 1.90. The highest BCUT2D eigenvalue weighted by atomic mass is 19.1. The normalized spacial score (nSPS) is 12.9. The van der Waals surface area contributed by atoms with E-state index < -0.39 is 30.4 Å². The zero-order valence-electron chi connectivity index (χ0n) is 20.4. The predicted molar refractivity (Wildman–Crippen MR) is 132 cm³/mol. The molecule has 2 atom stereocenters. The molecular weight excluding hydrogens is 465 g/mol. The maximum atomic E-state index is 13.6. The number of aliphatic hydroxyl groups is 2. The molecular formula is C27H32FN3O5. The molecule has 3 rings (SSSR count). The fourth-order valence-electron chi connectivity index (χ4n) is 4.14. The number of carbonyl (C=O) groups is 2. The van der Waals surface area contributed by atoms with Crippen molar-refractivity contribution in [3.05, 3.63) is 82.9 Å². The maximum absolute atomic E-state index is 13.6. The number of nitrogens with one attached hydrogen (secondary N) is 1. The van der Waals surface area contributed by atoms with Gasteiger partial charge in [0.25, 0.3) is 5.91 Å². The number of carboxylic acids is 1. The number of rotatable bonds is 12. The van der Waals surface area contributed by atoms with Crippen LogP contribution >= 0.6 is 0 Å². The number of aryl methyl sites for hydroxylation is 1. The van der Waals surface area contributed by atoms with Gasteiger partial charge < -0.3 is 20.6 Å². The van der Waals surface area contributed by atoms with Crippen molar-refractivity contribution < 1.29 is 29.3 Å². The number of hydrogen-bond acceptors (Lipinski definition) is 5. The van der Waals surface area contributed by atoms with E-state index in [0.717, 1.165) is 5.56 Å². The zero-order valence-corrected chi connectivity index (χ0v) is 20.4. The molecule has 1 heterocycles. The number of hydrogen-bond donors (Lipinski definition) is 4. The van der Waals surface area contributed by atoms with Crippen molar-refractivity contribution in [2.45, 2.75) is 64.2 Å². The molecule has 9 heteroatoms. The molecule has 1 amide bonds. The average molecular weight is 498 g/mol. The van der Waals surface area contributed by atoms with Crippen LogP contribution in [0.2, 0.25) is 0 Å². The van der Waals surface area contributed by atoms with Crippen LogP contribution in [0.15, 0.2) is 54.6 Å². The Bertz CT molecular complexity index is 1160. The lowest BCUT2D eigenvalue weighted by Crippen LogP contribution is -2.26. The second-order valence-corrected chi connectivity index (χ2v) is 9.10. The molecule has 2 aromatic carbocycles. The van der Waals surface area contributed by atoms with Gasteiger partial charge in [-0.2, -0.15) is 5.10 Å². The van der Waals surface area contributed by atoms with Crippen LogP contribution in [0, 0.1) is 5.82 Å². The third kappa shape index (κ3) is 7.22. The predicted octanol–water partition coefficient (Wildman–Crippen LogP) is 3.58. The minimum atomic E-state index is -1.15. The number of aliphatic hydroxyl groups excluding tert-OH is 2. The highest BCUT2D eigenvalue weighted by Crippen LogP contribution is 2.28. The summed E-state index contributed by atoms with van der Waals surface area (Å²) in [5.41, 5.74) is 3.11. The van der Waals surface area contributed by atoms with Crippen LogP contribution in [0.5, 0.6) is 0 Å². The lowest BCUT2D eigenvalue weighted by molar-refractivity contribution is -0.139. The lowest BCUT2D eigenvalue weighted by Gasteiger charge is -2.15. The molecule has 8 nitrogen and oxygen atoms in total. The smallest absolute Gasteiger partial charge is 0.305 e. The molecule has 0 spiro atoms. The number of nitrogens with zero attached hydrogens (tertiary/aromatic N) is 2. The summed E-state index contributed by atoms with van der Waals surface area (Å²) in [6, 6.07) is 15.2. The van der Waals surface area contributed by atoms with E-state index in [1.54, 1.807) is 12.1 Å². The first-order chi connectivity index (χ1) is 17.2. The Morgan fingerprint density at radius 3 is 2.31 bits per heavy atom. The van der Waals surface area contributed by atoms with Crippen LogP contribution in [-0.2, 0) is 17.8 Å². The molecule has 0 unspecified atom stereocenters. The first-order valence-corrected chi connectivity index (χ1v) is 11.9. The molecule has 0 saturated heterocycles. The number of amides is 1. The van der Waals surface area contributed by atoms with Crippen molar-refractivity contribution in [2.24, 2.45) is 0 Å². The van der Waals surface area contributed by atoms with Crippen LogP contribution < -0.4 is 5.32 Å². The molecule has 4 N–H and O–H groups in total. The van der Waals surface area contributed by atoms with E-state index >= 15 is 0 Å². The molecule has 0 aliphatic rings. The Labute approximate surface area is 209 Å². The Morgan fingerprint density at radius 2 is 1.69 bits per heavy atom. The van der Waals surface area contributed by atoms with Gasteiger partial charge in [0.1, 0.15) is 11.5 Å². The molecule has 3 aromatic rings. The van der Waals surface area contributed by atoms with Gasteiger partial charge in [0.15, 0.2) is 0 Å². The monoisotopic (exact) mass is 497 g/mol. The van der Waals surface area contributed by atoms with Gasteiger partial charge in [-0.05, 0) is 55.0 Å². The van der Waals surface area contributed by atoms with Crippen LogP contribution in [0.1, 0.15) is 66.3 Å². The van der Waals surface area contributed by atoms with Crippen molar-refractivity contribution >= 4 is 11.9 Å². The average Bonchev–Trinajstić information content (AvgIpc) is 3.22. The van der Waals surface area contributed by atoms with Crippen LogP contribution in [0.4, 0.5) is 4.39 Å². The maximum Gasteiger partial charge on any atom is 0.305 e.